The van der Waals surface area contributed by atoms with Gasteiger partial charge >= 0.3 is 12.1 Å². The van der Waals surface area contributed by atoms with Crippen LogP contribution in [0.2, 0.25) is 0 Å². The minimum Gasteiger partial charge on any atom is -0.335 e. The zero-order chi connectivity index (χ0) is 28.1. The topological polar surface area (TPSA) is 98.7 Å². The summed E-state index contributed by atoms with van der Waals surface area (Å²) >= 11 is 5.91. The maximum atomic E-state index is 13.6. The first-order chi connectivity index (χ1) is 19.4. The van der Waals surface area contributed by atoms with Crippen molar-refractivity contribution >= 4 is 96.9 Å². The fraction of sp³-hybridized carbons (Fsp3) is 0.103. The Labute approximate surface area is 263 Å². The molecule has 0 saturated carbocycles. The summed E-state index contributed by atoms with van der Waals surface area (Å²) in [6.07, 6.45) is 3.59. The lowest BCUT2D eigenvalue weighted by molar-refractivity contribution is 0.246. The number of nitrogens with zero attached hydrogens (tertiary/aromatic N) is 3. The summed E-state index contributed by atoms with van der Waals surface area (Å²) in [6.45, 7) is 1.99. The minimum atomic E-state index is -0.577. The number of pyridine rings is 1. The van der Waals surface area contributed by atoms with Gasteiger partial charge in [-0.1, -0.05) is 48.2 Å². The smallest absolute Gasteiger partial charge is 0.334 e. The van der Waals surface area contributed by atoms with Crippen molar-refractivity contribution in [3.05, 3.63) is 110 Å². The Bertz CT molecular complexity index is 1580. The van der Waals surface area contributed by atoms with Gasteiger partial charge in [0.05, 0.1) is 17.4 Å². The quantitative estimate of drug-likeness (QED) is 0.178. The molecular weight excluding hydrogens is 750 g/mol. The van der Waals surface area contributed by atoms with Crippen LogP contribution in [-0.4, -0.2) is 28.0 Å². The third-order valence-electron chi connectivity index (χ3n) is 6.07. The number of aryl methyl sites for hydroxylation is 1. The average molecular weight is 774 g/mol. The second-order valence-electron chi connectivity index (χ2n) is 8.83. The largest absolute Gasteiger partial charge is 0.335 e. The number of aromatic nitrogens is 1. The summed E-state index contributed by atoms with van der Waals surface area (Å²) in [5.74, 6) is 0.823. The van der Waals surface area contributed by atoms with Crippen LogP contribution in [0.3, 0.4) is 0 Å². The third kappa shape index (κ3) is 6.75. The van der Waals surface area contributed by atoms with Crippen molar-refractivity contribution in [2.45, 2.75) is 13.0 Å². The van der Waals surface area contributed by atoms with E-state index >= 15 is 0 Å². The molecule has 0 aliphatic carbocycles. The van der Waals surface area contributed by atoms with Gasteiger partial charge in [-0.2, -0.15) is 0 Å². The predicted molar refractivity (Wildman–Crippen MR) is 181 cm³/mol. The number of amidine groups is 1. The molecule has 1 aliphatic rings. The highest BCUT2D eigenvalue weighted by Gasteiger charge is 2.27. The molecule has 1 aliphatic heterocycles. The van der Waals surface area contributed by atoms with Gasteiger partial charge in [-0.3, -0.25) is 9.98 Å². The van der Waals surface area contributed by atoms with E-state index in [0.717, 1.165) is 39.8 Å². The van der Waals surface area contributed by atoms with Crippen molar-refractivity contribution in [3.63, 3.8) is 0 Å². The average Bonchev–Trinajstić information content (AvgIpc) is 3.42. The molecule has 3 aromatic carbocycles. The minimum absolute atomic E-state index is 0.0393. The number of thioether (sulfide) groups is 1. The summed E-state index contributed by atoms with van der Waals surface area (Å²) < 4.78 is 1.63. The van der Waals surface area contributed by atoms with E-state index in [9.17, 15) is 9.59 Å². The summed E-state index contributed by atoms with van der Waals surface area (Å²) in [5.41, 5.74) is 4.54. The van der Waals surface area contributed by atoms with Gasteiger partial charge in [0.25, 0.3) is 0 Å². The standard InChI is InChI=1S/C29H24I2N6O2S/c1-18-12-13-20(15-24(18)34-27-35-25(17-40-27)19-7-6-14-32-16-19)33-28(38)37(26-11-5-3-9-22(26)31)29(39)36-23-10-4-2-8-21(23)30/h2-16,25H,17H2,1H3,(H,33,38)(H,34,35)(H,36,39). The number of anilines is 4. The van der Waals surface area contributed by atoms with E-state index in [1.807, 2.05) is 73.8 Å². The van der Waals surface area contributed by atoms with Gasteiger partial charge in [0.15, 0.2) is 5.17 Å². The zero-order valence-corrected chi connectivity index (χ0v) is 26.4. The van der Waals surface area contributed by atoms with Crippen molar-refractivity contribution in [1.29, 1.82) is 0 Å². The van der Waals surface area contributed by atoms with Gasteiger partial charge in [-0.25, -0.2) is 14.5 Å². The number of rotatable bonds is 5. The number of aliphatic imine (C=N–C) groups is 1. The number of nitrogens with one attached hydrogen (secondary N) is 3. The Hall–Kier alpha value is -3.17. The van der Waals surface area contributed by atoms with Crippen molar-refractivity contribution < 1.29 is 9.59 Å². The molecule has 4 aromatic rings. The van der Waals surface area contributed by atoms with Crippen molar-refractivity contribution in [2.75, 3.05) is 26.6 Å². The molecule has 202 valence electrons. The lowest BCUT2D eigenvalue weighted by Gasteiger charge is -2.23. The molecule has 1 aromatic heterocycles. The predicted octanol–water partition coefficient (Wildman–Crippen LogP) is 8.13. The number of carbonyl (C=O) groups is 2. The lowest BCUT2D eigenvalue weighted by atomic mass is 10.1. The fourth-order valence-electron chi connectivity index (χ4n) is 3.99. The second-order valence-corrected chi connectivity index (χ2v) is 12.2. The highest BCUT2D eigenvalue weighted by atomic mass is 127. The Morgan fingerprint density at radius 1 is 0.900 bits per heavy atom. The Morgan fingerprint density at radius 3 is 2.40 bits per heavy atom. The number of halogens is 2. The molecule has 2 heterocycles. The number of benzene rings is 3. The number of hydrogen-bond acceptors (Lipinski definition) is 6. The van der Waals surface area contributed by atoms with Crippen LogP contribution in [0.15, 0.2) is 96.2 Å². The third-order valence-corrected chi connectivity index (χ3v) is 8.88. The zero-order valence-electron chi connectivity index (χ0n) is 21.3. The van der Waals surface area contributed by atoms with Gasteiger partial charge in [-0.05, 0) is 106 Å². The molecule has 1 unspecified atom stereocenters. The summed E-state index contributed by atoms with van der Waals surface area (Å²) in [4.78, 5) is 37.2. The number of hydrogen-bond donors (Lipinski definition) is 3. The number of carbonyl (C=O) groups excluding carboxylic acids is 2. The molecule has 3 N–H and O–H groups in total. The normalized spacial score (nSPS) is 14.3. The maximum Gasteiger partial charge on any atom is 0.334 e. The van der Waals surface area contributed by atoms with Gasteiger partial charge in [-0.15, -0.1) is 0 Å². The van der Waals surface area contributed by atoms with Gasteiger partial charge in [0, 0.05) is 36.7 Å². The van der Waals surface area contributed by atoms with E-state index in [0.29, 0.717) is 17.1 Å². The van der Waals surface area contributed by atoms with E-state index in [2.05, 4.69) is 66.1 Å². The Kier molecular flexibility index (Phi) is 9.22. The molecule has 40 heavy (non-hydrogen) atoms. The molecule has 0 saturated heterocycles. The second kappa shape index (κ2) is 13.0. The molecule has 8 nitrogen and oxygen atoms in total. The van der Waals surface area contributed by atoms with Crippen molar-refractivity contribution in [3.8, 4) is 0 Å². The van der Waals surface area contributed by atoms with Crippen LogP contribution >= 0.6 is 56.9 Å². The van der Waals surface area contributed by atoms with Gasteiger partial charge < -0.3 is 16.0 Å². The monoisotopic (exact) mass is 774 g/mol. The first-order valence-corrected chi connectivity index (χ1v) is 15.4. The summed E-state index contributed by atoms with van der Waals surface area (Å²) in [5, 5.41) is 9.98. The number of para-hydroxylation sites is 2. The van der Waals surface area contributed by atoms with Crippen molar-refractivity contribution in [1.82, 2.24) is 4.98 Å². The lowest BCUT2D eigenvalue weighted by Crippen LogP contribution is -2.43. The first kappa shape index (κ1) is 28.4. The van der Waals surface area contributed by atoms with Crippen LogP contribution < -0.4 is 20.9 Å². The van der Waals surface area contributed by atoms with Crippen LogP contribution in [0.5, 0.6) is 0 Å². The van der Waals surface area contributed by atoms with Crippen LogP contribution in [-0.2, 0) is 0 Å². The number of amides is 4. The molecule has 5 rings (SSSR count). The van der Waals surface area contributed by atoms with Crippen LogP contribution in [0.4, 0.5) is 32.3 Å². The molecule has 0 spiro atoms. The van der Waals surface area contributed by atoms with E-state index < -0.39 is 12.1 Å². The molecule has 0 fully saturated rings. The Balaban J connectivity index is 1.36. The molecule has 0 bridgehead atoms. The van der Waals surface area contributed by atoms with E-state index in [1.54, 1.807) is 36.2 Å². The molecule has 0 radical (unpaired) electrons. The van der Waals surface area contributed by atoms with Crippen molar-refractivity contribution in [2.24, 2.45) is 4.99 Å². The van der Waals surface area contributed by atoms with Crippen LogP contribution in [0.1, 0.15) is 17.2 Å². The highest BCUT2D eigenvalue weighted by Crippen LogP contribution is 2.32. The van der Waals surface area contributed by atoms with Crippen LogP contribution in [0, 0.1) is 14.1 Å². The number of urea groups is 2. The number of imide groups is 1. The summed E-state index contributed by atoms with van der Waals surface area (Å²) in [6, 6.07) is 23.1. The SMILES string of the molecule is Cc1ccc(NC(=O)N(C(=O)Nc2ccccc2I)c2ccccc2I)cc1NC1=NC(c2cccnc2)CS1. The molecule has 4 amide bonds. The van der Waals surface area contributed by atoms with E-state index in [-0.39, 0.29) is 6.04 Å². The maximum absolute atomic E-state index is 13.6. The molecule has 11 heteroatoms. The van der Waals surface area contributed by atoms with Gasteiger partial charge in [0.1, 0.15) is 0 Å². The highest BCUT2D eigenvalue weighted by molar-refractivity contribution is 14.1. The van der Waals surface area contributed by atoms with E-state index in [4.69, 9.17) is 4.99 Å². The van der Waals surface area contributed by atoms with E-state index in [1.165, 1.54) is 0 Å². The summed E-state index contributed by atoms with van der Waals surface area (Å²) in [7, 11) is 0. The van der Waals surface area contributed by atoms with Crippen LogP contribution in [0.25, 0.3) is 0 Å². The van der Waals surface area contributed by atoms with Gasteiger partial charge in [0.2, 0.25) is 0 Å². The Morgan fingerprint density at radius 2 is 1.65 bits per heavy atom. The molecular formula is C29H24I2N6O2S. The molecule has 1 atom stereocenters. The first-order valence-electron chi connectivity index (χ1n) is 12.3. The fourth-order valence-corrected chi connectivity index (χ4v) is 6.11.